The molecule has 2 aromatic carbocycles. The van der Waals surface area contributed by atoms with Gasteiger partial charge in [0.15, 0.2) is 0 Å². The van der Waals surface area contributed by atoms with Gasteiger partial charge in [-0.05, 0) is 42.7 Å². The number of carbonyl (C=O) groups is 2. The largest absolute Gasteiger partial charge is 0.343 e. The van der Waals surface area contributed by atoms with E-state index in [-0.39, 0.29) is 18.4 Å². The molecule has 28 heavy (non-hydrogen) atoms. The monoisotopic (exact) mass is 443 g/mol. The van der Waals surface area contributed by atoms with E-state index >= 15 is 0 Å². The van der Waals surface area contributed by atoms with Crippen LogP contribution in [0, 0.1) is 6.92 Å². The minimum absolute atomic E-state index is 0.0268. The van der Waals surface area contributed by atoms with Crippen LogP contribution >= 0.6 is 15.9 Å². The Bertz CT molecular complexity index is 840. The average Bonchev–Trinajstić information content (AvgIpc) is 2.93. The molecule has 0 atom stereocenters. The number of hydrogen-bond donors (Lipinski definition) is 1. The maximum Gasteiger partial charge on any atom is 0.251 e. The van der Waals surface area contributed by atoms with Gasteiger partial charge in [-0.2, -0.15) is 0 Å². The summed E-state index contributed by atoms with van der Waals surface area (Å²) < 4.78 is 0.840. The van der Waals surface area contributed by atoms with Crippen molar-refractivity contribution >= 4 is 27.7 Å². The summed E-state index contributed by atoms with van der Waals surface area (Å²) in [6.07, 6.45) is 0.942. The Morgan fingerprint density at radius 3 is 2.64 bits per heavy atom. The third-order valence-electron chi connectivity index (χ3n) is 5.08. The molecule has 2 amide bonds. The van der Waals surface area contributed by atoms with Gasteiger partial charge in [-0.3, -0.25) is 14.5 Å². The first-order chi connectivity index (χ1) is 13.5. The van der Waals surface area contributed by atoms with Gasteiger partial charge in [0.05, 0.1) is 6.54 Å². The molecular formula is C22H26BrN3O2. The fraction of sp³-hybridized carbons (Fsp3) is 0.364. The maximum atomic E-state index is 12.6. The Hall–Kier alpha value is -2.18. The van der Waals surface area contributed by atoms with E-state index in [4.69, 9.17) is 0 Å². The number of halogens is 1. The summed E-state index contributed by atoms with van der Waals surface area (Å²) >= 11 is 3.36. The van der Waals surface area contributed by atoms with Gasteiger partial charge in [-0.25, -0.2) is 0 Å². The SMILES string of the molecule is Cc1ccccc1CN1CCCN(C(=O)CNC(=O)c2cccc(Br)c2)CC1. The zero-order valence-corrected chi connectivity index (χ0v) is 17.7. The molecule has 0 aromatic heterocycles. The third-order valence-corrected chi connectivity index (χ3v) is 5.58. The molecule has 1 saturated heterocycles. The highest BCUT2D eigenvalue weighted by Crippen LogP contribution is 2.13. The van der Waals surface area contributed by atoms with Crippen LogP contribution in [-0.4, -0.2) is 54.3 Å². The van der Waals surface area contributed by atoms with Gasteiger partial charge in [0.25, 0.3) is 5.91 Å². The summed E-state index contributed by atoms with van der Waals surface area (Å²) in [5.41, 5.74) is 3.18. The topological polar surface area (TPSA) is 52.6 Å². The van der Waals surface area contributed by atoms with E-state index in [0.717, 1.165) is 37.1 Å². The van der Waals surface area contributed by atoms with Crippen molar-refractivity contribution in [3.8, 4) is 0 Å². The second-order valence-corrected chi connectivity index (χ2v) is 8.05. The molecule has 0 saturated carbocycles. The van der Waals surface area contributed by atoms with Crippen molar-refractivity contribution in [1.29, 1.82) is 0 Å². The molecule has 3 rings (SSSR count). The van der Waals surface area contributed by atoms with Crippen LogP contribution in [-0.2, 0) is 11.3 Å². The molecule has 0 aliphatic carbocycles. The van der Waals surface area contributed by atoms with Gasteiger partial charge in [0.2, 0.25) is 5.91 Å². The highest BCUT2D eigenvalue weighted by molar-refractivity contribution is 9.10. The molecule has 0 spiro atoms. The molecule has 6 heteroatoms. The van der Waals surface area contributed by atoms with Gasteiger partial charge in [-0.15, -0.1) is 0 Å². The highest BCUT2D eigenvalue weighted by Gasteiger charge is 2.20. The highest BCUT2D eigenvalue weighted by atomic mass is 79.9. The zero-order chi connectivity index (χ0) is 19.9. The molecule has 5 nitrogen and oxygen atoms in total. The molecule has 1 fully saturated rings. The number of rotatable bonds is 5. The van der Waals surface area contributed by atoms with Crippen LogP contribution in [0.15, 0.2) is 53.0 Å². The van der Waals surface area contributed by atoms with Crippen molar-refractivity contribution in [2.45, 2.75) is 19.9 Å². The Balaban J connectivity index is 1.49. The van der Waals surface area contributed by atoms with Gasteiger partial charge < -0.3 is 10.2 Å². The molecule has 148 valence electrons. The fourth-order valence-corrected chi connectivity index (χ4v) is 3.81. The average molecular weight is 444 g/mol. The van der Waals surface area contributed by atoms with E-state index in [2.05, 4.69) is 57.3 Å². The number of aryl methyl sites for hydroxylation is 1. The summed E-state index contributed by atoms with van der Waals surface area (Å²) in [5, 5.41) is 2.74. The molecule has 0 unspecified atom stereocenters. The Kier molecular flexibility index (Phi) is 7.23. The van der Waals surface area contributed by atoms with E-state index in [1.54, 1.807) is 18.2 Å². The Labute approximate surface area is 174 Å². The summed E-state index contributed by atoms with van der Waals surface area (Å²) in [4.78, 5) is 29.0. The second-order valence-electron chi connectivity index (χ2n) is 7.13. The van der Waals surface area contributed by atoms with E-state index in [1.165, 1.54) is 11.1 Å². The first kappa shape index (κ1) is 20.6. The van der Waals surface area contributed by atoms with Crippen LogP contribution < -0.4 is 5.32 Å². The van der Waals surface area contributed by atoms with Crippen molar-refractivity contribution in [2.75, 3.05) is 32.7 Å². The summed E-state index contributed by atoms with van der Waals surface area (Å²) in [6.45, 7) is 6.32. The third kappa shape index (κ3) is 5.66. The molecule has 1 heterocycles. The first-order valence-electron chi connectivity index (χ1n) is 9.61. The molecule has 2 aromatic rings. The maximum absolute atomic E-state index is 12.6. The number of benzene rings is 2. The number of carbonyl (C=O) groups excluding carboxylic acids is 2. The molecule has 1 aliphatic heterocycles. The lowest BCUT2D eigenvalue weighted by Gasteiger charge is -2.22. The smallest absolute Gasteiger partial charge is 0.251 e. The van der Waals surface area contributed by atoms with E-state index in [9.17, 15) is 9.59 Å². The van der Waals surface area contributed by atoms with Gasteiger partial charge in [-0.1, -0.05) is 46.3 Å². The van der Waals surface area contributed by atoms with Crippen LogP contribution in [0.25, 0.3) is 0 Å². The minimum atomic E-state index is -0.231. The van der Waals surface area contributed by atoms with Crippen molar-refractivity contribution in [3.05, 3.63) is 69.7 Å². The molecule has 0 radical (unpaired) electrons. The summed E-state index contributed by atoms with van der Waals surface area (Å²) in [7, 11) is 0. The predicted octanol–water partition coefficient (Wildman–Crippen LogP) is 3.22. The van der Waals surface area contributed by atoms with E-state index in [0.29, 0.717) is 12.1 Å². The molecule has 1 N–H and O–H groups in total. The fourth-order valence-electron chi connectivity index (χ4n) is 3.41. The number of amides is 2. The number of hydrogen-bond acceptors (Lipinski definition) is 3. The standard InChI is InChI=1S/C22H26BrN3O2/c1-17-6-2-3-7-19(17)16-25-10-5-11-26(13-12-25)21(27)15-24-22(28)18-8-4-9-20(23)14-18/h2-4,6-9,14H,5,10-13,15-16H2,1H3,(H,24,28). The Morgan fingerprint density at radius 2 is 1.86 bits per heavy atom. The lowest BCUT2D eigenvalue weighted by molar-refractivity contribution is -0.130. The minimum Gasteiger partial charge on any atom is -0.343 e. The van der Waals surface area contributed by atoms with Crippen molar-refractivity contribution < 1.29 is 9.59 Å². The van der Waals surface area contributed by atoms with Crippen molar-refractivity contribution in [3.63, 3.8) is 0 Å². The summed E-state index contributed by atoms with van der Waals surface area (Å²) in [6, 6.07) is 15.6. The van der Waals surface area contributed by atoms with E-state index < -0.39 is 0 Å². The van der Waals surface area contributed by atoms with Crippen molar-refractivity contribution in [2.24, 2.45) is 0 Å². The normalized spacial score (nSPS) is 15.1. The summed E-state index contributed by atoms with van der Waals surface area (Å²) in [5.74, 6) is -0.258. The van der Waals surface area contributed by atoms with Crippen LogP contribution in [0.5, 0.6) is 0 Å². The zero-order valence-electron chi connectivity index (χ0n) is 16.2. The lowest BCUT2D eigenvalue weighted by Crippen LogP contribution is -2.42. The lowest BCUT2D eigenvalue weighted by atomic mass is 10.1. The first-order valence-corrected chi connectivity index (χ1v) is 10.4. The second kappa shape index (κ2) is 9.85. The predicted molar refractivity (Wildman–Crippen MR) is 114 cm³/mol. The van der Waals surface area contributed by atoms with E-state index in [1.807, 2.05) is 11.0 Å². The molecule has 0 bridgehead atoms. The van der Waals surface area contributed by atoms with Crippen LogP contribution in [0.2, 0.25) is 0 Å². The van der Waals surface area contributed by atoms with Gasteiger partial charge >= 0.3 is 0 Å². The van der Waals surface area contributed by atoms with Crippen LogP contribution in [0.4, 0.5) is 0 Å². The van der Waals surface area contributed by atoms with Gasteiger partial charge in [0, 0.05) is 42.8 Å². The quantitative estimate of drug-likeness (QED) is 0.771. The van der Waals surface area contributed by atoms with Crippen LogP contribution in [0.3, 0.4) is 0 Å². The van der Waals surface area contributed by atoms with Gasteiger partial charge in [0.1, 0.15) is 0 Å². The van der Waals surface area contributed by atoms with Crippen LogP contribution in [0.1, 0.15) is 27.9 Å². The number of nitrogens with one attached hydrogen (secondary N) is 1. The molecule has 1 aliphatic rings. The molecular weight excluding hydrogens is 418 g/mol. The Morgan fingerprint density at radius 1 is 1.04 bits per heavy atom. The number of nitrogens with zero attached hydrogens (tertiary/aromatic N) is 2. The van der Waals surface area contributed by atoms with Crippen molar-refractivity contribution in [1.82, 2.24) is 15.1 Å².